The van der Waals surface area contributed by atoms with Gasteiger partial charge in [-0.25, -0.2) is 0 Å². The zero-order valence-corrected chi connectivity index (χ0v) is 10.5. The lowest BCUT2D eigenvalue weighted by atomic mass is 10.1. The van der Waals surface area contributed by atoms with Crippen molar-refractivity contribution in [3.05, 3.63) is 34.9 Å². The van der Waals surface area contributed by atoms with Gasteiger partial charge >= 0.3 is 11.8 Å². The van der Waals surface area contributed by atoms with Crippen molar-refractivity contribution in [1.82, 2.24) is 10.6 Å². The van der Waals surface area contributed by atoms with Gasteiger partial charge < -0.3 is 10.6 Å². The van der Waals surface area contributed by atoms with Crippen LogP contribution in [0.4, 0.5) is 0 Å². The first kappa shape index (κ1) is 14.0. The van der Waals surface area contributed by atoms with Crippen molar-refractivity contribution in [3.63, 3.8) is 0 Å². The molecule has 0 spiro atoms. The molecule has 0 bridgehead atoms. The van der Waals surface area contributed by atoms with Crippen LogP contribution in [0.3, 0.4) is 0 Å². The van der Waals surface area contributed by atoms with E-state index in [1.54, 1.807) is 37.3 Å². The third-order valence-corrected chi connectivity index (χ3v) is 2.47. The minimum atomic E-state index is -0.828. The quantitative estimate of drug-likeness (QED) is 0.635. The number of nitriles is 1. The molecule has 0 aliphatic rings. The Balaban J connectivity index is 2.60. The maximum Gasteiger partial charge on any atom is 0.310 e. The standard InChI is InChI=1S/C12H12ClN3O2/c1-8(9-3-2-4-10(13)7-9)16-12(18)11(17)15-6-5-14/h2-4,7-8H,6H2,1H3,(H,15,17)(H,16,18). The summed E-state index contributed by atoms with van der Waals surface area (Å²) in [6.45, 7) is 1.54. The molecule has 1 aromatic rings. The summed E-state index contributed by atoms with van der Waals surface area (Å²) in [7, 11) is 0. The van der Waals surface area contributed by atoms with Gasteiger partial charge in [-0.3, -0.25) is 9.59 Å². The van der Waals surface area contributed by atoms with Gasteiger partial charge in [0.25, 0.3) is 0 Å². The Hall–Kier alpha value is -2.06. The molecule has 0 saturated carbocycles. The number of carbonyl (C=O) groups is 2. The highest BCUT2D eigenvalue weighted by atomic mass is 35.5. The Morgan fingerprint density at radius 1 is 1.44 bits per heavy atom. The molecule has 2 amide bonds. The first-order valence-electron chi connectivity index (χ1n) is 5.25. The number of nitrogens with zero attached hydrogens (tertiary/aromatic N) is 1. The maximum absolute atomic E-state index is 11.5. The van der Waals surface area contributed by atoms with Crippen LogP contribution in [-0.4, -0.2) is 18.4 Å². The molecule has 5 nitrogen and oxygen atoms in total. The van der Waals surface area contributed by atoms with Gasteiger partial charge in [-0.05, 0) is 24.6 Å². The zero-order chi connectivity index (χ0) is 13.5. The Morgan fingerprint density at radius 2 is 2.17 bits per heavy atom. The first-order chi connectivity index (χ1) is 8.54. The molecule has 0 heterocycles. The Morgan fingerprint density at radius 3 is 2.78 bits per heavy atom. The van der Waals surface area contributed by atoms with Gasteiger partial charge in [-0.15, -0.1) is 0 Å². The molecule has 1 aromatic carbocycles. The lowest BCUT2D eigenvalue weighted by Gasteiger charge is -2.13. The lowest BCUT2D eigenvalue weighted by molar-refractivity contribution is -0.139. The van der Waals surface area contributed by atoms with Crippen LogP contribution < -0.4 is 10.6 Å². The molecule has 94 valence electrons. The maximum atomic E-state index is 11.5. The van der Waals surface area contributed by atoms with E-state index in [9.17, 15) is 9.59 Å². The second-order valence-electron chi connectivity index (χ2n) is 3.59. The number of carbonyl (C=O) groups excluding carboxylic acids is 2. The second-order valence-corrected chi connectivity index (χ2v) is 4.03. The Bertz CT molecular complexity index is 496. The number of hydrogen-bond acceptors (Lipinski definition) is 3. The van der Waals surface area contributed by atoms with Crippen LogP contribution in [0, 0.1) is 11.3 Å². The van der Waals surface area contributed by atoms with Crippen molar-refractivity contribution in [2.24, 2.45) is 0 Å². The number of halogens is 1. The Labute approximate surface area is 110 Å². The summed E-state index contributed by atoms with van der Waals surface area (Å²) >= 11 is 5.83. The fourth-order valence-electron chi connectivity index (χ4n) is 1.32. The molecule has 0 saturated heterocycles. The summed E-state index contributed by atoms with van der Waals surface area (Å²) < 4.78 is 0. The van der Waals surface area contributed by atoms with Gasteiger partial charge in [0, 0.05) is 5.02 Å². The lowest BCUT2D eigenvalue weighted by Crippen LogP contribution is -2.41. The molecular formula is C12H12ClN3O2. The predicted octanol–water partition coefficient (Wildman–Crippen LogP) is 1.16. The smallest absolute Gasteiger partial charge is 0.310 e. The monoisotopic (exact) mass is 265 g/mol. The van der Waals surface area contributed by atoms with Crippen LogP contribution in [0.1, 0.15) is 18.5 Å². The van der Waals surface area contributed by atoms with E-state index in [1.165, 1.54) is 0 Å². The zero-order valence-electron chi connectivity index (χ0n) is 9.74. The van der Waals surface area contributed by atoms with E-state index in [0.29, 0.717) is 5.02 Å². The van der Waals surface area contributed by atoms with E-state index < -0.39 is 11.8 Å². The molecule has 0 radical (unpaired) electrons. The predicted molar refractivity (Wildman–Crippen MR) is 66.6 cm³/mol. The molecule has 1 rings (SSSR count). The molecule has 0 aliphatic heterocycles. The van der Waals surface area contributed by atoms with Crippen molar-refractivity contribution in [3.8, 4) is 6.07 Å². The largest absolute Gasteiger partial charge is 0.341 e. The van der Waals surface area contributed by atoms with E-state index in [-0.39, 0.29) is 12.6 Å². The van der Waals surface area contributed by atoms with E-state index in [1.807, 2.05) is 0 Å². The topological polar surface area (TPSA) is 82.0 Å². The van der Waals surface area contributed by atoms with Gasteiger partial charge in [0.05, 0.1) is 12.1 Å². The number of amides is 2. The van der Waals surface area contributed by atoms with E-state index in [0.717, 1.165) is 5.56 Å². The third-order valence-electron chi connectivity index (χ3n) is 2.23. The molecule has 2 N–H and O–H groups in total. The average Bonchev–Trinajstić information content (AvgIpc) is 2.35. The number of nitrogens with one attached hydrogen (secondary N) is 2. The van der Waals surface area contributed by atoms with Crippen molar-refractivity contribution in [1.29, 1.82) is 5.26 Å². The Kier molecular flexibility index (Phi) is 5.15. The normalized spacial score (nSPS) is 11.2. The van der Waals surface area contributed by atoms with E-state index >= 15 is 0 Å². The minimum absolute atomic E-state index is 0.197. The van der Waals surface area contributed by atoms with Crippen LogP contribution in [0.25, 0.3) is 0 Å². The van der Waals surface area contributed by atoms with Crippen molar-refractivity contribution in [2.45, 2.75) is 13.0 Å². The van der Waals surface area contributed by atoms with Crippen LogP contribution in [-0.2, 0) is 9.59 Å². The molecule has 6 heteroatoms. The van der Waals surface area contributed by atoms with E-state index in [2.05, 4.69) is 10.6 Å². The molecule has 0 fully saturated rings. The van der Waals surface area contributed by atoms with Gasteiger partial charge in [-0.2, -0.15) is 5.26 Å². The minimum Gasteiger partial charge on any atom is -0.341 e. The summed E-state index contributed by atoms with van der Waals surface area (Å²) in [5, 5.41) is 13.5. The number of rotatable bonds is 3. The van der Waals surface area contributed by atoms with Crippen LogP contribution in [0.5, 0.6) is 0 Å². The van der Waals surface area contributed by atoms with Gasteiger partial charge in [0.1, 0.15) is 6.54 Å². The number of hydrogen-bond donors (Lipinski definition) is 2. The highest BCUT2D eigenvalue weighted by Crippen LogP contribution is 2.16. The van der Waals surface area contributed by atoms with Crippen molar-refractivity contribution < 1.29 is 9.59 Å². The summed E-state index contributed by atoms with van der Waals surface area (Å²) in [5.74, 6) is -1.61. The molecular weight excluding hydrogens is 254 g/mol. The SMILES string of the molecule is CC(NC(=O)C(=O)NCC#N)c1cccc(Cl)c1. The average molecular weight is 266 g/mol. The second kappa shape index (κ2) is 6.62. The fraction of sp³-hybridized carbons (Fsp3) is 0.250. The molecule has 0 aromatic heterocycles. The molecule has 18 heavy (non-hydrogen) atoms. The first-order valence-corrected chi connectivity index (χ1v) is 5.63. The third kappa shape index (κ3) is 4.07. The summed E-state index contributed by atoms with van der Waals surface area (Å²) in [6, 6.07) is 8.36. The van der Waals surface area contributed by atoms with Crippen molar-refractivity contribution >= 4 is 23.4 Å². The van der Waals surface area contributed by atoms with Crippen LogP contribution >= 0.6 is 11.6 Å². The van der Waals surface area contributed by atoms with Crippen LogP contribution in [0.2, 0.25) is 5.02 Å². The molecule has 0 aliphatic carbocycles. The van der Waals surface area contributed by atoms with Gasteiger partial charge in [0.15, 0.2) is 0 Å². The van der Waals surface area contributed by atoms with E-state index in [4.69, 9.17) is 16.9 Å². The highest BCUT2D eigenvalue weighted by Gasteiger charge is 2.16. The fourth-order valence-corrected chi connectivity index (χ4v) is 1.52. The van der Waals surface area contributed by atoms with Gasteiger partial charge in [0.2, 0.25) is 0 Å². The summed E-state index contributed by atoms with van der Waals surface area (Å²) in [4.78, 5) is 22.7. The summed E-state index contributed by atoms with van der Waals surface area (Å²) in [6.07, 6.45) is 0. The van der Waals surface area contributed by atoms with Crippen LogP contribution in [0.15, 0.2) is 24.3 Å². The summed E-state index contributed by atoms with van der Waals surface area (Å²) in [5.41, 5.74) is 0.795. The van der Waals surface area contributed by atoms with Gasteiger partial charge in [-0.1, -0.05) is 23.7 Å². The number of benzene rings is 1. The molecule has 1 unspecified atom stereocenters. The highest BCUT2D eigenvalue weighted by molar-refractivity contribution is 6.35. The van der Waals surface area contributed by atoms with Crippen molar-refractivity contribution in [2.75, 3.05) is 6.54 Å². The molecule has 1 atom stereocenters.